The van der Waals surface area contributed by atoms with Crippen molar-refractivity contribution in [2.24, 2.45) is 0 Å². The summed E-state index contributed by atoms with van der Waals surface area (Å²) in [6.07, 6.45) is 1.87. The van der Waals surface area contributed by atoms with Crippen LogP contribution in [0.25, 0.3) is 0 Å². The normalized spacial score (nSPS) is 10.4. The van der Waals surface area contributed by atoms with Crippen LogP contribution in [0.5, 0.6) is 0 Å². The van der Waals surface area contributed by atoms with Gasteiger partial charge in [-0.25, -0.2) is 0 Å². The van der Waals surface area contributed by atoms with Crippen molar-refractivity contribution >= 4 is 58.2 Å². The fourth-order valence-electron chi connectivity index (χ4n) is 0.737. The van der Waals surface area contributed by atoms with Crippen molar-refractivity contribution in [1.29, 1.82) is 0 Å². The third-order valence-electron chi connectivity index (χ3n) is 1.28. The fourth-order valence-corrected chi connectivity index (χ4v) is 2.70. The molecule has 0 unspecified atom stereocenters. The maximum absolute atomic E-state index is 5.88. The van der Waals surface area contributed by atoms with E-state index in [1.807, 2.05) is 6.26 Å². The Morgan fingerprint density at radius 3 is 2.08 bits per heavy atom. The lowest BCUT2D eigenvalue weighted by molar-refractivity contribution is 1.46. The summed E-state index contributed by atoms with van der Waals surface area (Å²) >= 11 is 24.7. The molecule has 66 valence electrons. The molecule has 0 heterocycles. The van der Waals surface area contributed by atoms with E-state index in [4.69, 9.17) is 46.4 Å². The van der Waals surface area contributed by atoms with Crippen LogP contribution in [0.3, 0.4) is 0 Å². The van der Waals surface area contributed by atoms with E-state index in [0.29, 0.717) is 20.1 Å². The monoisotopic (exact) mass is 260 g/mol. The van der Waals surface area contributed by atoms with Gasteiger partial charge in [-0.15, -0.1) is 11.8 Å². The summed E-state index contributed by atoms with van der Waals surface area (Å²) in [6, 6.07) is 1.59. The minimum absolute atomic E-state index is 0.354. The first-order valence-corrected chi connectivity index (χ1v) is 5.68. The van der Waals surface area contributed by atoms with Crippen molar-refractivity contribution in [2.45, 2.75) is 4.90 Å². The Morgan fingerprint density at radius 1 is 1.00 bits per heavy atom. The van der Waals surface area contributed by atoms with Crippen LogP contribution in [0, 0.1) is 0 Å². The van der Waals surface area contributed by atoms with Crippen LogP contribution in [-0.4, -0.2) is 6.26 Å². The van der Waals surface area contributed by atoms with Crippen molar-refractivity contribution in [1.82, 2.24) is 0 Å². The van der Waals surface area contributed by atoms with Crippen LogP contribution in [0.4, 0.5) is 0 Å². The summed E-state index contributed by atoms with van der Waals surface area (Å²) in [5, 5.41) is 1.68. The Hall–Kier alpha value is 0.730. The molecule has 0 aliphatic rings. The van der Waals surface area contributed by atoms with Gasteiger partial charge >= 0.3 is 0 Å². The van der Waals surface area contributed by atoms with Gasteiger partial charge in [0.05, 0.1) is 20.1 Å². The molecule has 0 amide bonds. The summed E-state index contributed by atoms with van der Waals surface area (Å²) in [6.45, 7) is 0. The van der Waals surface area contributed by atoms with Crippen LogP contribution in [0.1, 0.15) is 0 Å². The Bertz CT molecular complexity index is 311. The van der Waals surface area contributed by atoms with E-state index in [-0.39, 0.29) is 0 Å². The van der Waals surface area contributed by atoms with E-state index >= 15 is 0 Å². The zero-order chi connectivity index (χ0) is 9.30. The highest BCUT2D eigenvalue weighted by atomic mass is 35.5. The highest BCUT2D eigenvalue weighted by Gasteiger charge is 2.12. The van der Waals surface area contributed by atoms with Gasteiger partial charge in [-0.3, -0.25) is 0 Å². The summed E-state index contributed by atoms with van der Waals surface area (Å²) in [7, 11) is 0. The van der Waals surface area contributed by atoms with Crippen molar-refractivity contribution in [2.75, 3.05) is 6.26 Å². The van der Waals surface area contributed by atoms with Crippen molar-refractivity contribution in [3.05, 3.63) is 26.2 Å². The lowest BCUT2D eigenvalue weighted by atomic mass is 10.3. The minimum atomic E-state index is 0.354. The summed E-state index contributed by atoms with van der Waals surface area (Å²) in [5.41, 5.74) is 0. The van der Waals surface area contributed by atoms with Crippen LogP contribution >= 0.6 is 58.2 Å². The molecule has 0 saturated carbocycles. The van der Waals surface area contributed by atoms with Gasteiger partial charge in [-0.2, -0.15) is 0 Å². The van der Waals surface area contributed by atoms with Crippen LogP contribution in [0.2, 0.25) is 20.1 Å². The molecule has 1 aromatic carbocycles. The SMILES string of the molecule is CSc1c(Cl)cc(Cl)c(Cl)c1Cl. The van der Waals surface area contributed by atoms with Gasteiger partial charge in [0.15, 0.2) is 0 Å². The zero-order valence-electron chi connectivity index (χ0n) is 6.00. The molecule has 1 rings (SSSR count). The summed E-state index contributed by atoms with van der Waals surface area (Å²) in [4.78, 5) is 0.757. The fraction of sp³-hybridized carbons (Fsp3) is 0.143. The lowest BCUT2D eigenvalue weighted by Gasteiger charge is -2.06. The van der Waals surface area contributed by atoms with Crippen molar-refractivity contribution in [3.8, 4) is 0 Å². The first-order valence-electron chi connectivity index (χ1n) is 2.95. The Labute approximate surface area is 95.1 Å². The second-order valence-electron chi connectivity index (χ2n) is 2.00. The van der Waals surface area contributed by atoms with E-state index < -0.39 is 0 Å². The third-order valence-corrected chi connectivity index (χ3v) is 3.89. The molecule has 5 heteroatoms. The van der Waals surface area contributed by atoms with Crippen LogP contribution in [0.15, 0.2) is 11.0 Å². The molecule has 0 bridgehead atoms. The Morgan fingerprint density at radius 2 is 1.58 bits per heavy atom. The zero-order valence-corrected chi connectivity index (χ0v) is 9.84. The van der Waals surface area contributed by atoms with E-state index in [0.717, 1.165) is 4.90 Å². The average molecular weight is 262 g/mol. The smallest absolute Gasteiger partial charge is 0.0791 e. The molecule has 0 fully saturated rings. The van der Waals surface area contributed by atoms with Gasteiger partial charge in [0.25, 0.3) is 0 Å². The van der Waals surface area contributed by atoms with Gasteiger partial charge in [-0.05, 0) is 12.3 Å². The first kappa shape index (κ1) is 10.8. The van der Waals surface area contributed by atoms with Gasteiger partial charge in [0.2, 0.25) is 0 Å². The number of hydrogen-bond donors (Lipinski definition) is 0. The average Bonchev–Trinajstić information content (AvgIpc) is 2.01. The predicted molar refractivity (Wildman–Crippen MR) is 58.3 cm³/mol. The molecule has 0 nitrogen and oxygen atoms in total. The number of benzene rings is 1. The summed E-state index contributed by atoms with van der Waals surface area (Å²) < 4.78 is 0. The largest absolute Gasteiger partial charge is 0.126 e. The van der Waals surface area contributed by atoms with Crippen LogP contribution in [-0.2, 0) is 0 Å². The molecular formula is C7H4Cl4S. The summed E-state index contributed by atoms with van der Waals surface area (Å²) in [5.74, 6) is 0. The van der Waals surface area contributed by atoms with E-state index in [2.05, 4.69) is 0 Å². The molecule has 1 aromatic rings. The Kier molecular flexibility index (Phi) is 3.87. The maximum Gasteiger partial charge on any atom is 0.0791 e. The van der Waals surface area contributed by atoms with Gasteiger partial charge in [-0.1, -0.05) is 46.4 Å². The van der Waals surface area contributed by atoms with E-state index in [9.17, 15) is 0 Å². The number of rotatable bonds is 1. The molecule has 0 aliphatic carbocycles. The topological polar surface area (TPSA) is 0 Å². The highest BCUT2D eigenvalue weighted by molar-refractivity contribution is 7.98. The standard InChI is InChI=1S/C7H4Cl4S/c1-12-7-4(9)2-3(8)5(10)6(7)11/h2H,1H3. The molecule has 0 aromatic heterocycles. The highest BCUT2D eigenvalue weighted by Crippen LogP contribution is 2.41. The van der Waals surface area contributed by atoms with Crippen LogP contribution < -0.4 is 0 Å². The van der Waals surface area contributed by atoms with E-state index in [1.54, 1.807) is 6.07 Å². The molecule has 12 heavy (non-hydrogen) atoms. The molecule has 0 aliphatic heterocycles. The molecule has 0 N–H and O–H groups in total. The number of hydrogen-bond acceptors (Lipinski definition) is 1. The molecule has 0 radical (unpaired) electrons. The predicted octanol–water partition coefficient (Wildman–Crippen LogP) is 5.02. The van der Waals surface area contributed by atoms with Gasteiger partial charge in [0.1, 0.15) is 0 Å². The third kappa shape index (κ3) is 1.97. The second-order valence-corrected chi connectivity index (χ2v) is 4.39. The first-order chi connectivity index (χ1) is 5.57. The van der Waals surface area contributed by atoms with Crippen molar-refractivity contribution in [3.63, 3.8) is 0 Å². The molecule has 0 atom stereocenters. The van der Waals surface area contributed by atoms with E-state index in [1.165, 1.54) is 11.8 Å². The van der Waals surface area contributed by atoms with Crippen molar-refractivity contribution < 1.29 is 0 Å². The number of halogens is 4. The second kappa shape index (κ2) is 4.30. The molecular weight excluding hydrogens is 258 g/mol. The Balaban J connectivity index is 3.40. The quantitative estimate of drug-likeness (QED) is 0.389. The van der Waals surface area contributed by atoms with Gasteiger partial charge < -0.3 is 0 Å². The lowest BCUT2D eigenvalue weighted by Crippen LogP contribution is -1.79. The molecule has 0 spiro atoms. The minimum Gasteiger partial charge on any atom is -0.126 e. The number of thioether (sulfide) groups is 1. The van der Waals surface area contributed by atoms with Gasteiger partial charge in [0, 0.05) is 4.90 Å². The molecule has 0 saturated heterocycles. The maximum atomic E-state index is 5.88.